The number of hydrogen-bond donors (Lipinski definition) is 2. The van der Waals surface area contributed by atoms with Gasteiger partial charge in [-0.1, -0.05) is 13.3 Å². The van der Waals surface area contributed by atoms with Crippen LogP contribution in [0.5, 0.6) is 0 Å². The molecule has 0 bridgehead atoms. The molecule has 2 unspecified atom stereocenters. The van der Waals surface area contributed by atoms with E-state index >= 15 is 0 Å². The summed E-state index contributed by atoms with van der Waals surface area (Å²) in [5.74, 6) is -0.107. The molecule has 0 radical (unpaired) electrons. The maximum atomic E-state index is 12.2. The Hall–Kier alpha value is -1.10. The van der Waals surface area contributed by atoms with Crippen molar-refractivity contribution in [1.82, 2.24) is 10.2 Å². The second-order valence-corrected chi connectivity index (χ2v) is 6.51. The molecule has 0 aromatic rings. The molecule has 0 aromatic heterocycles. The lowest BCUT2D eigenvalue weighted by Crippen LogP contribution is -2.55. The number of piperidine rings is 1. The fourth-order valence-electron chi connectivity index (χ4n) is 2.65. The van der Waals surface area contributed by atoms with E-state index in [-0.39, 0.29) is 23.8 Å². The van der Waals surface area contributed by atoms with Crippen LogP contribution in [0.15, 0.2) is 0 Å². The molecule has 1 fully saturated rings. The van der Waals surface area contributed by atoms with Crippen molar-refractivity contribution < 1.29 is 9.59 Å². The zero-order valence-corrected chi connectivity index (χ0v) is 13.2. The average Bonchev–Trinajstić information content (AvgIpc) is 2.37. The Balaban J connectivity index is 2.56. The van der Waals surface area contributed by atoms with E-state index in [4.69, 9.17) is 5.73 Å². The summed E-state index contributed by atoms with van der Waals surface area (Å²) in [5, 5.41) is 3.04. The van der Waals surface area contributed by atoms with Crippen LogP contribution < -0.4 is 11.1 Å². The molecule has 1 aliphatic heterocycles. The first-order valence-electron chi connectivity index (χ1n) is 7.64. The van der Waals surface area contributed by atoms with Gasteiger partial charge < -0.3 is 16.0 Å². The smallest absolute Gasteiger partial charge is 0.242 e. The van der Waals surface area contributed by atoms with Crippen molar-refractivity contribution in [3.63, 3.8) is 0 Å². The zero-order chi connectivity index (χ0) is 15.3. The van der Waals surface area contributed by atoms with E-state index in [1.807, 2.05) is 6.92 Å². The number of likely N-dealkylation sites (tertiary alicyclic amines) is 1. The molecule has 20 heavy (non-hydrogen) atoms. The minimum atomic E-state index is -0.867. The van der Waals surface area contributed by atoms with Crippen molar-refractivity contribution in [1.29, 1.82) is 0 Å². The number of hydrogen-bond acceptors (Lipinski definition) is 3. The predicted octanol–water partition coefficient (Wildman–Crippen LogP) is 1.27. The highest BCUT2D eigenvalue weighted by atomic mass is 16.2. The molecule has 0 aliphatic carbocycles. The van der Waals surface area contributed by atoms with Gasteiger partial charge in [-0.2, -0.15) is 0 Å². The molecule has 2 amide bonds. The van der Waals surface area contributed by atoms with Gasteiger partial charge in [0.05, 0.1) is 11.5 Å². The van der Waals surface area contributed by atoms with Crippen molar-refractivity contribution in [2.45, 2.75) is 65.0 Å². The van der Waals surface area contributed by atoms with Crippen LogP contribution in [-0.2, 0) is 9.59 Å². The van der Waals surface area contributed by atoms with Gasteiger partial charge in [0.2, 0.25) is 11.8 Å². The van der Waals surface area contributed by atoms with Gasteiger partial charge in [0.1, 0.15) is 0 Å². The van der Waals surface area contributed by atoms with Crippen molar-refractivity contribution >= 4 is 11.8 Å². The van der Waals surface area contributed by atoms with Crippen molar-refractivity contribution in [3.8, 4) is 0 Å². The summed E-state index contributed by atoms with van der Waals surface area (Å²) in [6, 6.07) is 0.199. The van der Waals surface area contributed by atoms with Crippen LogP contribution in [0.4, 0.5) is 0 Å². The standard InChI is InChI=1S/C15H29N3O2/c1-5-7-11(2)17-13(19)12-8-6-9-18(10-12)14(20)15(3,4)16/h11-12H,5-10,16H2,1-4H3,(H,17,19). The van der Waals surface area contributed by atoms with E-state index < -0.39 is 5.54 Å². The van der Waals surface area contributed by atoms with E-state index in [0.29, 0.717) is 13.1 Å². The first-order chi connectivity index (χ1) is 9.25. The molecule has 5 nitrogen and oxygen atoms in total. The first kappa shape index (κ1) is 17.0. The van der Waals surface area contributed by atoms with Gasteiger partial charge in [0.25, 0.3) is 0 Å². The third kappa shape index (κ3) is 4.78. The minimum Gasteiger partial charge on any atom is -0.353 e. The summed E-state index contributed by atoms with van der Waals surface area (Å²) < 4.78 is 0. The first-order valence-corrected chi connectivity index (χ1v) is 7.64. The lowest BCUT2D eigenvalue weighted by molar-refractivity contribution is -0.139. The van der Waals surface area contributed by atoms with Gasteiger partial charge in [0.15, 0.2) is 0 Å². The van der Waals surface area contributed by atoms with Crippen LogP contribution in [0, 0.1) is 5.92 Å². The Labute approximate surface area is 122 Å². The molecule has 116 valence electrons. The Morgan fingerprint density at radius 2 is 2.10 bits per heavy atom. The van der Waals surface area contributed by atoms with Gasteiger partial charge >= 0.3 is 0 Å². The molecule has 3 N–H and O–H groups in total. The highest BCUT2D eigenvalue weighted by Crippen LogP contribution is 2.19. The number of amides is 2. The van der Waals surface area contributed by atoms with Gasteiger partial charge in [-0.05, 0) is 40.0 Å². The SMILES string of the molecule is CCCC(C)NC(=O)C1CCCN(C(=O)C(C)(C)N)C1. The second-order valence-electron chi connectivity index (χ2n) is 6.51. The summed E-state index contributed by atoms with van der Waals surface area (Å²) in [5.41, 5.74) is 4.99. The fourth-order valence-corrected chi connectivity index (χ4v) is 2.65. The maximum Gasteiger partial charge on any atom is 0.242 e. The van der Waals surface area contributed by atoms with Crippen molar-refractivity contribution in [2.24, 2.45) is 11.7 Å². The molecule has 1 heterocycles. The molecule has 0 saturated carbocycles. The van der Waals surface area contributed by atoms with E-state index in [1.165, 1.54) is 0 Å². The van der Waals surface area contributed by atoms with Gasteiger partial charge in [-0.3, -0.25) is 9.59 Å². The van der Waals surface area contributed by atoms with Crippen LogP contribution in [0.3, 0.4) is 0 Å². The van der Waals surface area contributed by atoms with Crippen LogP contribution in [0.1, 0.15) is 53.4 Å². The third-order valence-electron chi connectivity index (χ3n) is 3.74. The van der Waals surface area contributed by atoms with Gasteiger partial charge in [0, 0.05) is 19.1 Å². The number of rotatable bonds is 5. The molecule has 2 atom stereocenters. The largest absolute Gasteiger partial charge is 0.353 e. The molecule has 0 spiro atoms. The minimum absolute atomic E-state index is 0.0678. The highest BCUT2D eigenvalue weighted by Gasteiger charge is 2.33. The highest BCUT2D eigenvalue weighted by molar-refractivity contribution is 5.86. The average molecular weight is 283 g/mol. The van der Waals surface area contributed by atoms with E-state index in [1.54, 1.807) is 18.7 Å². The third-order valence-corrected chi connectivity index (χ3v) is 3.74. The summed E-state index contributed by atoms with van der Waals surface area (Å²) >= 11 is 0. The number of nitrogens with two attached hydrogens (primary N) is 1. The molecular formula is C15H29N3O2. The lowest BCUT2D eigenvalue weighted by atomic mass is 9.94. The number of nitrogens with one attached hydrogen (secondary N) is 1. The van der Waals surface area contributed by atoms with E-state index in [9.17, 15) is 9.59 Å². The molecule has 0 aromatic carbocycles. The fraction of sp³-hybridized carbons (Fsp3) is 0.867. The topological polar surface area (TPSA) is 75.4 Å². The summed E-state index contributed by atoms with van der Waals surface area (Å²) in [6.07, 6.45) is 3.75. The summed E-state index contributed by atoms with van der Waals surface area (Å²) in [6.45, 7) is 8.74. The van der Waals surface area contributed by atoms with Crippen LogP contribution in [-0.4, -0.2) is 41.4 Å². The Morgan fingerprint density at radius 3 is 2.65 bits per heavy atom. The summed E-state index contributed by atoms with van der Waals surface area (Å²) in [7, 11) is 0. The Bertz CT molecular complexity index is 350. The quantitative estimate of drug-likeness (QED) is 0.798. The van der Waals surface area contributed by atoms with Crippen molar-refractivity contribution in [3.05, 3.63) is 0 Å². The summed E-state index contributed by atoms with van der Waals surface area (Å²) in [4.78, 5) is 26.1. The molecular weight excluding hydrogens is 254 g/mol. The molecule has 1 saturated heterocycles. The molecule has 1 rings (SSSR count). The number of carbonyl (C=O) groups excluding carboxylic acids is 2. The van der Waals surface area contributed by atoms with Crippen LogP contribution in [0.2, 0.25) is 0 Å². The zero-order valence-electron chi connectivity index (χ0n) is 13.2. The normalized spacial score (nSPS) is 21.4. The van der Waals surface area contributed by atoms with Gasteiger partial charge in [-0.15, -0.1) is 0 Å². The van der Waals surface area contributed by atoms with Crippen molar-refractivity contribution in [2.75, 3.05) is 13.1 Å². The lowest BCUT2D eigenvalue weighted by Gasteiger charge is -2.36. The van der Waals surface area contributed by atoms with E-state index in [0.717, 1.165) is 25.7 Å². The molecule has 5 heteroatoms. The Morgan fingerprint density at radius 1 is 1.45 bits per heavy atom. The molecule has 1 aliphatic rings. The number of nitrogens with zero attached hydrogens (tertiary/aromatic N) is 1. The van der Waals surface area contributed by atoms with Gasteiger partial charge in [-0.25, -0.2) is 0 Å². The second kappa shape index (κ2) is 7.07. The predicted molar refractivity (Wildman–Crippen MR) is 80.1 cm³/mol. The van der Waals surface area contributed by atoms with Crippen LogP contribution >= 0.6 is 0 Å². The van der Waals surface area contributed by atoms with E-state index in [2.05, 4.69) is 12.2 Å². The number of carbonyl (C=O) groups is 2. The Kier molecular flexibility index (Phi) is 5.99. The van der Waals surface area contributed by atoms with Crippen LogP contribution in [0.25, 0.3) is 0 Å². The monoisotopic (exact) mass is 283 g/mol. The maximum absolute atomic E-state index is 12.2.